The number of para-hydroxylation sites is 2. The fourth-order valence-corrected chi connectivity index (χ4v) is 3.04. The number of carbonyl (C=O) groups is 1. The van der Waals surface area contributed by atoms with E-state index in [9.17, 15) is 4.79 Å². The first-order valence-corrected chi connectivity index (χ1v) is 9.57. The van der Waals surface area contributed by atoms with Gasteiger partial charge in [-0.15, -0.1) is 0 Å². The second kappa shape index (κ2) is 9.37. The number of benzene rings is 2. The van der Waals surface area contributed by atoms with Gasteiger partial charge in [0.05, 0.1) is 24.2 Å². The lowest BCUT2D eigenvalue weighted by molar-refractivity contribution is -0.123. The molecule has 0 aliphatic carbocycles. The number of nitrogens with zero attached hydrogens (tertiary/aromatic N) is 2. The van der Waals surface area contributed by atoms with Crippen molar-refractivity contribution >= 4 is 16.9 Å². The van der Waals surface area contributed by atoms with Crippen molar-refractivity contribution in [3.05, 3.63) is 59.4 Å². The number of hydrogen-bond donors (Lipinski definition) is 1. The van der Waals surface area contributed by atoms with E-state index in [0.717, 1.165) is 33.7 Å². The number of aromatic nitrogens is 2. The Balaban J connectivity index is 1.63. The molecule has 3 aromatic rings. The minimum absolute atomic E-state index is 0.0243. The van der Waals surface area contributed by atoms with E-state index < -0.39 is 0 Å². The molecule has 1 heterocycles. The quantitative estimate of drug-likeness (QED) is 0.577. The zero-order chi connectivity index (χ0) is 19.9. The summed E-state index contributed by atoms with van der Waals surface area (Å²) >= 11 is 0. The van der Waals surface area contributed by atoms with E-state index in [1.54, 1.807) is 0 Å². The predicted octanol–water partition coefficient (Wildman–Crippen LogP) is 3.38. The third-order valence-corrected chi connectivity index (χ3v) is 4.54. The average Bonchev–Trinajstić information content (AvgIpc) is 3.05. The molecule has 2 aromatic carbocycles. The highest BCUT2D eigenvalue weighted by atomic mass is 16.5. The Hall–Kier alpha value is -2.86. The normalized spacial score (nSPS) is 11.0. The first-order valence-electron chi connectivity index (χ1n) is 9.57. The van der Waals surface area contributed by atoms with Crippen LogP contribution in [0.25, 0.3) is 11.0 Å². The summed E-state index contributed by atoms with van der Waals surface area (Å²) in [5, 5.41) is 2.91. The maximum absolute atomic E-state index is 12.3. The van der Waals surface area contributed by atoms with Gasteiger partial charge in [0.25, 0.3) is 5.91 Å². The maximum Gasteiger partial charge on any atom is 0.258 e. The molecule has 0 bridgehead atoms. The molecule has 0 radical (unpaired) electrons. The lowest BCUT2D eigenvalue weighted by Crippen LogP contribution is -2.30. The van der Waals surface area contributed by atoms with Gasteiger partial charge in [-0.1, -0.05) is 24.3 Å². The van der Waals surface area contributed by atoms with Gasteiger partial charge in [0.2, 0.25) is 0 Å². The van der Waals surface area contributed by atoms with Crippen molar-refractivity contribution in [3.8, 4) is 5.75 Å². The minimum atomic E-state index is -0.177. The first kappa shape index (κ1) is 19.9. The molecule has 0 unspecified atom stereocenters. The minimum Gasteiger partial charge on any atom is -0.483 e. The molecule has 6 heteroatoms. The lowest BCUT2D eigenvalue weighted by Gasteiger charge is -2.12. The molecule has 3 rings (SSSR count). The van der Waals surface area contributed by atoms with Gasteiger partial charge in [-0.2, -0.15) is 0 Å². The number of hydrogen-bond acceptors (Lipinski definition) is 4. The van der Waals surface area contributed by atoms with E-state index in [-0.39, 0.29) is 12.5 Å². The summed E-state index contributed by atoms with van der Waals surface area (Å²) in [6, 6.07) is 13.9. The topological polar surface area (TPSA) is 65.4 Å². The number of ether oxygens (including phenoxy) is 2. The van der Waals surface area contributed by atoms with E-state index in [1.807, 2.05) is 63.2 Å². The fourth-order valence-electron chi connectivity index (χ4n) is 3.04. The predicted molar refractivity (Wildman–Crippen MR) is 109 cm³/mol. The molecule has 0 aliphatic rings. The Labute approximate surface area is 165 Å². The zero-order valence-corrected chi connectivity index (χ0v) is 16.7. The summed E-state index contributed by atoms with van der Waals surface area (Å²) in [6.45, 7) is 8.23. The Kier molecular flexibility index (Phi) is 6.66. The van der Waals surface area contributed by atoms with Crippen LogP contribution in [0.2, 0.25) is 0 Å². The van der Waals surface area contributed by atoms with Crippen LogP contribution >= 0.6 is 0 Å². The molecular formula is C22H27N3O3. The van der Waals surface area contributed by atoms with Crippen LogP contribution in [0.4, 0.5) is 0 Å². The summed E-state index contributed by atoms with van der Waals surface area (Å²) in [5.74, 6) is 1.37. The van der Waals surface area contributed by atoms with Crippen molar-refractivity contribution < 1.29 is 14.3 Å². The molecule has 0 spiro atoms. The Morgan fingerprint density at radius 2 is 2.00 bits per heavy atom. The third kappa shape index (κ3) is 4.89. The highest BCUT2D eigenvalue weighted by Crippen LogP contribution is 2.19. The Morgan fingerprint density at radius 1 is 1.18 bits per heavy atom. The molecule has 6 nitrogen and oxygen atoms in total. The van der Waals surface area contributed by atoms with Gasteiger partial charge in [0.15, 0.2) is 6.61 Å². The molecule has 28 heavy (non-hydrogen) atoms. The first-order chi connectivity index (χ1) is 13.6. The molecule has 1 amide bonds. The number of aryl methyl sites for hydroxylation is 2. The highest BCUT2D eigenvalue weighted by Gasteiger charge is 2.12. The Bertz CT molecular complexity index is 949. The number of nitrogens with one attached hydrogen (secondary N) is 1. The van der Waals surface area contributed by atoms with Crippen molar-refractivity contribution in [2.45, 2.75) is 33.9 Å². The van der Waals surface area contributed by atoms with Gasteiger partial charge in [-0.25, -0.2) is 4.98 Å². The molecule has 1 N–H and O–H groups in total. The molecule has 0 saturated heterocycles. The van der Waals surface area contributed by atoms with Crippen molar-refractivity contribution in [2.75, 3.05) is 19.8 Å². The van der Waals surface area contributed by atoms with Crippen LogP contribution in [0.5, 0.6) is 5.75 Å². The van der Waals surface area contributed by atoms with E-state index in [2.05, 4.69) is 14.9 Å². The largest absolute Gasteiger partial charge is 0.483 e. The van der Waals surface area contributed by atoms with E-state index in [4.69, 9.17) is 9.47 Å². The van der Waals surface area contributed by atoms with E-state index in [0.29, 0.717) is 26.3 Å². The van der Waals surface area contributed by atoms with Crippen LogP contribution in [0, 0.1) is 13.8 Å². The van der Waals surface area contributed by atoms with Crippen molar-refractivity contribution in [2.24, 2.45) is 0 Å². The number of fused-ring (bicyclic) bond motifs is 1. The summed E-state index contributed by atoms with van der Waals surface area (Å²) in [6.07, 6.45) is 0. The summed E-state index contributed by atoms with van der Waals surface area (Å²) in [4.78, 5) is 16.9. The fraction of sp³-hybridized carbons (Fsp3) is 0.364. The van der Waals surface area contributed by atoms with Crippen LogP contribution < -0.4 is 10.1 Å². The smallest absolute Gasteiger partial charge is 0.258 e. The molecular weight excluding hydrogens is 354 g/mol. The third-order valence-electron chi connectivity index (χ3n) is 4.54. The van der Waals surface area contributed by atoms with E-state index >= 15 is 0 Å². The van der Waals surface area contributed by atoms with Crippen molar-refractivity contribution in [3.63, 3.8) is 0 Å². The molecule has 0 saturated carbocycles. The Morgan fingerprint density at radius 3 is 2.82 bits per heavy atom. The lowest BCUT2D eigenvalue weighted by atomic mass is 10.1. The highest BCUT2D eigenvalue weighted by molar-refractivity contribution is 5.78. The van der Waals surface area contributed by atoms with Crippen LogP contribution in [0.3, 0.4) is 0 Å². The van der Waals surface area contributed by atoms with Crippen LogP contribution in [0.15, 0.2) is 42.5 Å². The SMILES string of the molecule is CCOCCn1c(CNC(=O)COc2cc(C)ccc2C)nc2ccccc21. The molecule has 148 valence electrons. The van der Waals surface area contributed by atoms with Crippen LogP contribution in [-0.4, -0.2) is 35.3 Å². The average molecular weight is 381 g/mol. The maximum atomic E-state index is 12.3. The van der Waals surface area contributed by atoms with Gasteiger partial charge in [-0.05, 0) is 50.1 Å². The van der Waals surface area contributed by atoms with Gasteiger partial charge in [0.1, 0.15) is 11.6 Å². The number of imidazole rings is 1. The molecule has 0 atom stereocenters. The van der Waals surface area contributed by atoms with Crippen molar-refractivity contribution in [1.82, 2.24) is 14.9 Å². The van der Waals surface area contributed by atoms with Gasteiger partial charge in [0, 0.05) is 13.2 Å². The van der Waals surface area contributed by atoms with Gasteiger partial charge < -0.3 is 19.4 Å². The van der Waals surface area contributed by atoms with Gasteiger partial charge >= 0.3 is 0 Å². The number of rotatable bonds is 9. The summed E-state index contributed by atoms with van der Waals surface area (Å²) in [5.41, 5.74) is 4.06. The summed E-state index contributed by atoms with van der Waals surface area (Å²) in [7, 11) is 0. The monoisotopic (exact) mass is 381 g/mol. The standard InChI is InChI=1S/C22H27N3O3/c1-4-27-12-11-25-19-8-6-5-7-18(19)24-21(25)14-23-22(26)15-28-20-13-16(2)9-10-17(20)3/h5-10,13H,4,11-12,14-15H2,1-3H3,(H,23,26). The van der Waals surface area contributed by atoms with Gasteiger partial charge in [-0.3, -0.25) is 4.79 Å². The van der Waals surface area contributed by atoms with Crippen LogP contribution in [0.1, 0.15) is 23.9 Å². The number of amides is 1. The van der Waals surface area contributed by atoms with Crippen molar-refractivity contribution in [1.29, 1.82) is 0 Å². The molecule has 0 fully saturated rings. The van der Waals surface area contributed by atoms with Crippen LogP contribution in [-0.2, 0) is 22.6 Å². The second-order valence-electron chi connectivity index (χ2n) is 6.70. The van der Waals surface area contributed by atoms with E-state index in [1.165, 1.54) is 0 Å². The molecule has 1 aromatic heterocycles. The summed E-state index contributed by atoms with van der Waals surface area (Å²) < 4.78 is 13.3. The molecule has 0 aliphatic heterocycles. The second-order valence-corrected chi connectivity index (χ2v) is 6.70. The zero-order valence-electron chi connectivity index (χ0n) is 16.7. The number of carbonyl (C=O) groups excluding carboxylic acids is 1.